The normalized spacial score (nSPS) is 16.8. The van der Waals surface area contributed by atoms with Crippen LogP contribution in [0.5, 0.6) is 6.01 Å². The van der Waals surface area contributed by atoms with Crippen molar-refractivity contribution in [3.05, 3.63) is 44.9 Å². The highest BCUT2D eigenvalue weighted by Gasteiger charge is 2.20. The summed E-state index contributed by atoms with van der Waals surface area (Å²) >= 11 is 0. The van der Waals surface area contributed by atoms with Gasteiger partial charge in [0.25, 0.3) is 5.56 Å². The third-order valence-electron chi connectivity index (χ3n) is 5.99. The van der Waals surface area contributed by atoms with Crippen LogP contribution in [-0.4, -0.2) is 40.3 Å². The number of hydrogen-bond donors (Lipinski definition) is 1. The first-order valence-electron chi connectivity index (χ1n) is 10.9. The van der Waals surface area contributed by atoms with Crippen molar-refractivity contribution < 1.29 is 14.0 Å². The Hall–Kier alpha value is -3.10. The Morgan fingerprint density at radius 3 is 2.81 bits per heavy atom. The zero-order valence-electron chi connectivity index (χ0n) is 17.8. The van der Waals surface area contributed by atoms with Crippen LogP contribution >= 0.6 is 0 Å². The number of nitrogens with zero attached hydrogens (tertiary/aromatic N) is 3. The Balaban J connectivity index is 1.46. The number of aryl methyl sites for hydroxylation is 1. The van der Waals surface area contributed by atoms with E-state index in [0.717, 1.165) is 25.2 Å². The number of fused-ring (bicyclic) bond motifs is 1. The number of oxime groups is 1. The van der Waals surface area contributed by atoms with E-state index in [-0.39, 0.29) is 11.7 Å². The summed E-state index contributed by atoms with van der Waals surface area (Å²) in [5.41, 5.74) is 0.590. The average molecular weight is 428 g/mol. The molecular weight excluding hydrogens is 400 g/mol. The topological polar surface area (TPSA) is 110 Å². The zero-order chi connectivity index (χ0) is 21.8. The first-order valence-corrected chi connectivity index (χ1v) is 10.9. The number of H-pyrrole nitrogens is 1. The molecule has 0 bridgehead atoms. The standard InChI is InChI=1S/C22H28N4O5/c1-3-29-14(2)26-11-9-17(10-12-26)25-31-22-23-20(28)19-16(8-7-15-5-4-6-15)13-18(27)30-21(19)24-22/h13,15H,2-12H2,1H3,(H,23,24,28). The molecule has 4 rings (SSSR count). The quantitative estimate of drug-likeness (QED) is 0.508. The minimum absolute atomic E-state index is 0.0158. The van der Waals surface area contributed by atoms with Crippen LogP contribution in [0.4, 0.5) is 0 Å². The van der Waals surface area contributed by atoms with E-state index < -0.39 is 11.2 Å². The zero-order valence-corrected chi connectivity index (χ0v) is 17.8. The van der Waals surface area contributed by atoms with Crippen molar-refractivity contribution in [2.75, 3.05) is 19.7 Å². The minimum atomic E-state index is -0.520. The molecule has 2 fully saturated rings. The second-order valence-electron chi connectivity index (χ2n) is 8.04. The van der Waals surface area contributed by atoms with Crippen LogP contribution in [0.1, 0.15) is 51.0 Å². The summed E-state index contributed by atoms with van der Waals surface area (Å²) in [6.45, 7) is 7.87. The van der Waals surface area contributed by atoms with Crippen molar-refractivity contribution in [2.24, 2.45) is 11.1 Å². The van der Waals surface area contributed by atoms with Crippen LogP contribution in [0, 0.1) is 5.92 Å². The molecule has 3 heterocycles. The second-order valence-corrected chi connectivity index (χ2v) is 8.04. The van der Waals surface area contributed by atoms with E-state index in [4.69, 9.17) is 14.0 Å². The molecule has 9 heteroatoms. The summed E-state index contributed by atoms with van der Waals surface area (Å²) in [6.07, 6.45) is 6.66. The van der Waals surface area contributed by atoms with E-state index >= 15 is 0 Å². The maximum Gasteiger partial charge on any atom is 0.337 e. The number of likely N-dealkylation sites (tertiary alicyclic amines) is 1. The van der Waals surface area contributed by atoms with Crippen LogP contribution in [-0.2, 0) is 11.2 Å². The summed E-state index contributed by atoms with van der Waals surface area (Å²) < 4.78 is 10.6. The lowest BCUT2D eigenvalue weighted by Gasteiger charge is -2.29. The van der Waals surface area contributed by atoms with Crippen LogP contribution < -0.4 is 16.0 Å². The van der Waals surface area contributed by atoms with Gasteiger partial charge in [0.1, 0.15) is 5.39 Å². The molecular formula is C22H28N4O5. The summed E-state index contributed by atoms with van der Waals surface area (Å²) in [7, 11) is 0. The van der Waals surface area contributed by atoms with Crippen molar-refractivity contribution in [3.63, 3.8) is 0 Å². The van der Waals surface area contributed by atoms with Gasteiger partial charge in [-0.3, -0.25) is 9.78 Å². The number of aromatic amines is 1. The largest absolute Gasteiger partial charge is 0.480 e. The molecule has 0 atom stereocenters. The smallest absolute Gasteiger partial charge is 0.337 e. The fourth-order valence-electron chi connectivity index (χ4n) is 3.98. The first-order chi connectivity index (χ1) is 15.0. The van der Waals surface area contributed by atoms with Crippen molar-refractivity contribution in [2.45, 2.75) is 51.9 Å². The van der Waals surface area contributed by atoms with Gasteiger partial charge in [-0.05, 0) is 37.8 Å². The molecule has 0 amide bonds. The van der Waals surface area contributed by atoms with E-state index in [2.05, 4.69) is 26.6 Å². The van der Waals surface area contributed by atoms with E-state index in [1.807, 2.05) is 6.92 Å². The molecule has 2 aromatic heterocycles. The van der Waals surface area contributed by atoms with Gasteiger partial charge in [0.05, 0.1) is 12.3 Å². The van der Waals surface area contributed by atoms with Crippen molar-refractivity contribution in [1.82, 2.24) is 14.9 Å². The van der Waals surface area contributed by atoms with Gasteiger partial charge >= 0.3 is 11.6 Å². The molecule has 0 radical (unpaired) electrons. The SMILES string of the molecule is C=C(OCC)N1CCC(=NOc2nc3oc(=O)cc(CCC4CCC4)c3c(=O)[nH]2)CC1. The molecule has 1 saturated heterocycles. The molecule has 2 aromatic rings. The van der Waals surface area contributed by atoms with E-state index in [0.29, 0.717) is 48.6 Å². The molecule has 1 N–H and O–H groups in total. The van der Waals surface area contributed by atoms with E-state index in [1.165, 1.54) is 25.3 Å². The predicted octanol–water partition coefficient (Wildman–Crippen LogP) is 2.95. The van der Waals surface area contributed by atoms with Gasteiger partial charge in [-0.1, -0.05) is 24.4 Å². The number of rotatable bonds is 8. The van der Waals surface area contributed by atoms with Crippen LogP contribution in [0.2, 0.25) is 0 Å². The van der Waals surface area contributed by atoms with Gasteiger partial charge in [-0.2, -0.15) is 4.98 Å². The average Bonchev–Trinajstić information content (AvgIpc) is 2.71. The van der Waals surface area contributed by atoms with Gasteiger partial charge in [0.2, 0.25) is 5.71 Å². The highest BCUT2D eigenvalue weighted by Crippen LogP contribution is 2.31. The number of nitrogens with one attached hydrogen (secondary N) is 1. The molecule has 166 valence electrons. The Kier molecular flexibility index (Phi) is 6.39. The Labute approximate surface area is 179 Å². The molecule has 1 saturated carbocycles. The molecule has 1 aliphatic carbocycles. The Morgan fingerprint density at radius 1 is 1.35 bits per heavy atom. The van der Waals surface area contributed by atoms with Gasteiger partial charge < -0.3 is 18.9 Å². The highest BCUT2D eigenvalue weighted by molar-refractivity contribution is 5.85. The summed E-state index contributed by atoms with van der Waals surface area (Å²) in [5, 5.41) is 4.44. The number of aromatic nitrogens is 2. The molecule has 0 spiro atoms. The first kappa shape index (κ1) is 21.1. The molecule has 0 aromatic carbocycles. The molecule has 2 aliphatic rings. The fourth-order valence-corrected chi connectivity index (χ4v) is 3.98. The monoisotopic (exact) mass is 428 g/mol. The molecule has 1 aliphatic heterocycles. The van der Waals surface area contributed by atoms with Crippen molar-refractivity contribution in [1.29, 1.82) is 0 Å². The number of piperidine rings is 1. The second kappa shape index (κ2) is 9.36. The summed E-state index contributed by atoms with van der Waals surface area (Å²) in [4.78, 5) is 38.9. The van der Waals surface area contributed by atoms with Crippen LogP contribution in [0.25, 0.3) is 11.1 Å². The van der Waals surface area contributed by atoms with Gasteiger partial charge in [0, 0.05) is 32.0 Å². The van der Waals surface area contributed by atoms with Crippen LogP contribution in [0.3, 0.4) is 0 Å². The number of ether oxygens (including phenoxy) is 1. The highest BCUT2D eigenvalue weighted by atomic mass is 16.6. The Bertz CT molecular complexity index is 1090. The minimum Gasteiger partial charge on any atom is -0.480 e. The Morgan fingerprint density at radius 2 is 2.13 bits per heavy atom. The lowest BCUT2D eigenvalue weighted by Crippen LogP contribution is -2.34. The maximum absolute atomic E-state index is 12.7. The van der Waals surface area contributed by atoms with Gasteiger partial charge in [0.15, 0.2) is 5.88 Å². The summed E-state index contributed by atoms with van der Waals surface area (Å²) in [5.74, 6) is 1.33. The molecule has 31 heavy (non-hydrogen) atoms. The van der Waals surface area contributed by atoms with E-state index in [1.54, 1.807) is 0 Å². The predicted molar refractivity (Wildman–Crippen MR) is 116 cm³/mol. The van der Waals surface area contributed by atoms with Gasteiger partial charge in [-0.25, -0.2) is 4.79 Å². The van der Waals surface area contributed by atoms with Crippen molar-refractivity contribution in [3.8, 4) is 6.01 Å². The lowest BCUT2D eigenvalue weighted by molar-refractivity contribution is 0.121. The van der Waals surface area contributed by atoms with Crippen molar-refractivity contribution >= 4 is 16.8 Å². The van der Waals surface area contributed by atoms with Crippen LogP contribution in [0.15, 0.2) is 37.7 Å². The van der Waals surface area contributed by atoms with Gasteiger partial charge in [-0.15, -0.1) is 0 Å². The number of hydrogen-bond acceptors (Lipinski definition) is 8. The summed E-state index contributed by atoms with van der Waals surface area (Å²) in [6, 6.07) is 1.30. The molecule has 9 nitrogen and oxygen atoms in total. The maximum atomic E-state index is 12.7. The lowest BCUT2D eigenvalue weighted by atomic mass is 9.81. The third-order valence-corrected chi connectivity index (χ3v) is 5.99. The molecule has 0 unspecified atom stereocenters. The van der Waals surface area contributed by atoms with E-state index in [9.17, 15) is 9.59 Å². The fraction of sp³-hybridized carbons (Fsp3) is 0.545. The third kappa shape index (κ3) is 4.98.